The van der Waals surface area contributed by atoms with Gasteiger partial charge in [0.25, 0.3) is 0 Å². The summed E-state index contributed by atoms with van der Waals surface area (Å²) in [6, 6.07) is 9.74. The summed E-state index contributed by atoms with van der Waals surface area (Å²) in [5.41, 5.74) is -0.161. The molecule has 0 saturated carbocycles. The molecule has 23 heavy (non-hydrogen) atoms. The molecule has 0 fully saturated rings. The summed E-state index contributed by atoms with van der Waals surface area (Å²) >= 11 is 5.67. The monoisotopic (exact) mass is 333 g/mol. The van der Waals surface area contributed by atoms with Crippen LogP contribution in [0.25, 0.3) is 10.9 Å². The highest BCUT2D eigenvalue weighted by Gasteiger charge is 2.39. The van der Waals surface area contributed by atoms with Gasteiger partial charge < -0.3 is 0 Å². The van der Waals surface area contributed by atoms with E-state index in [-0.39, 0.29) is 16.2 Å². The molecule has 1 aromatic carbocycles. The van der Waals surface area contributed by atoms with Gasteiger partial charge in [0, 0.05) is 17.1 Å². The minimum atomic E-state index is -3.64. The quantitative estimate of drug-likeness (QED) is 0.558. The highest BCUT2D eigenvalue weighted by atomic mass is 35.5. The van der Waals surface area contributed by atoms with Gasteiger partial charge in [-0.25, -0.2) is 0 Å². The molecule has 0 atom stereocenters. The molecule has 0 radical (unpaired) electrons. The van der Waals surface area contributed by atoms with Crippen molar-refractivity contribution < 1.29 is 8.78 Å². The van der Waals surface area contributed by atoms with Crippen LogP contribution in [0.3, 0.4) is 0 Å². The molecular formula is C15H10ClF2N5. The van der Waals surface area contributed by atoms with Crippen LogP contribution < -0.4 is 5.49 Å². The largest absolute Gasteiger partial charge is 0.331 e. The molecule has 0 aliphatic heterocycles. The molecule has 0 amide bonds. The third-order valence-electron chi connectivity index (χ3n) is 3.28. The number of fused-ring (bicyclic) bond motifs is 1. The van der Waals surface area contributed by atoms with Crippen molar-refractivity contribution in [1.82, 2.24) is 14.8 Å². The molecular weight excluding hydrogens is 324 g/mol. The van der Waals surface area contributed by atoms with Crippen LogP contribution >= 0.6 is 11.6 Å². The van der Waals surface area contributed by atoms with Crippen molar-refractivity contribution >= 4 is 28.3 Å². The minimum absolute atomic E-state index is 0.0794. The lowest BCUT2D eigenvalue weighted by atomic mass is 10.0. The van der Waals surface area contributed by atoms with Crippen molar-refractivity contribution in [2.45, 2.75) is 5.92 Å². The summed E-state index contributed by atoms with van der Waals surface area (Å²) in [7, 11) is 0. The Kier molecular flexibility index (Phi) is 3.65. The van der Waals surface area contributed by atoms with Crippen LogP contribution in [0.5, 0.6) is 0 Å². The normalized spacial score (nSPS) is 11.6. The van der Waals surface area contributed by atoms with Crippen LogP contribution in [0.4, 0.5) is 8.78 Å². The summed E-state index contributed by atoms with van der Waals surface area (Å²) in [5, 5.41) is 19.5. The first kappa shape index (κ1) is 15.2. The van der Waals surface area contributed by atoms with E-state index in [0.717, 1.165) is 0 Å². The molecule has 3 aromatic rings. The van der Waals surface area contributed by atoms with Crippen LogP contribution in [0.2, 0.25) is 5.15 Å². The standard InChI is InChI=1S/C15H10ClF2N5/c16-12-5-6-13(19)23(22-12)14(20)15(17,18)10-3-4-11-9(8-10)2-1-7-21-11/h1-8,19-20H. The van der Waals surface area contributed by atoms with E-state index in [0.29, 0.717) is 15.6 Å². The molecule has 0 aliphatic rings. The number of halogens is 3. The second kappa shape index (κ2) is 5.51. The molecule has 0 saturated heterocycles. The molecule has 3 rings (SSSR count). The average molecular weight is 334 g/mol. The molecule has 2 aromatic heterocycles. The van der Waals surface area contributed by atoms with E-state index in [1.54, 1.807) is 18.3 Å². The first-order valence-electron chi connectivity index (χ1n) is 6.52. The number of alkyl halides is 2. The highest BCUT2D eigenvalue weighted by Crippen LogP contribution is 2.31. The van der Waals surface area contributed by atoms with Gasteiger partial charge in [0.2, 0.25) is 0 Å². The number of aromatic nitrogens is 3. The molecule has 0 spiro atoms. The number of pyridine rings is 1. The second-order valence-corrected chi connectivity index (χ2v) is 5.17. The van der Waals surface area contributed by atoms with E-state index in [1.807, 2.05) is 0 Å². The molecule has 116 valence electrons. The van der Waals surface area contributed by atoms with Gasteiger partial charge in [-0.15, -0.1) is 0 Å². The Morgan fingerprint density at radius 3 is 2.74 bits per heavy atom. The summed E-state index contributed by atoms with van der Waals surface area (Å²) < 4.78 is 29.8. The molecule has 0 aliphatic carbocycles. The Labute approximate surface area is 134 Å². The maximum atomic E-state index is 14.6. The first-order chi connectivity index (χ1) is 10.9. The molecule has 5 nitrogen and oxygen atoms in total. The number of hydrogen-bond donors (Lipinski definition) is 2. The van der Waals surface area contributed by atoms with Crippen LogP contribution in [-0.2, 0) is 5.92 Å². The zero-order valence-corrected chi connectivity index (χ0v) is 12.4. The molecule has 2 N–H and O–H groups in total. The Morgan fingerprint density at radius 2 is 1.96 bits per heavy atom. The lowest BCUT2D eigenvalue weighted by molar-refractivity contribution is 0.0697. The smallest absolute Gasteiger partial charge is 0.283 e. The molecule has 0 unspecified atom stereocenters. The maximum absolute atomic E-state index is 14.6. The van der Waals surface area contributed by atoms with E-state index >= 15 is 0 Å². The van der Waals surface area contributed by atoms with Gasteiger partial charge in [-0.1, -0.05) is 23.7 Å². The maximum Gasteiger partial charge on any atom is 0.331 e. The Morgan fingerprint density at radius 1 is 1.17 bits per heavy atom. The zero-order valence-electron chi connectivity index (χ0n) is 11.6. The first-order valence-corrected chi connectivity index (χ1v) is 6.90. The van der Waals surface area contributed by atoms with E-state index in [2.05, 4.69) is 10.1 Å². The van der Waals surface area contributed by atoms with Crippen molar-refractivity contribution in [3.05, 3.63) is 64.9 Å². The molecule has 0 bridgehead atoms. The molecule has 2 heterocycles. The Balaban J connectivity index is 2.10. The lowest BCUT2D eigenvalue weighted by Crippen LogP contribution is -2.39. The SMILES string of the molecule is N=C(n1nc(Cl)ccc1=N)C(F)(F)c1ccc2ncccc2c1. The number of hydrogen-bond acceptors (Lipinski definition) is 4. The summed E-state index contributed by atoms with van der Waals surface area (Å²) in [6.45, 7) is 0. The van der Waals surface area contributed by atoms with Crippen LogP contribution in [0.15, 0.2) is 48.7 Å². The van der Waals surface area contributed by atoms with Crippen LogP contribution in [0, 0.1) is 10.8 Å². The topological polar surface area (TPSA) is 78.4 Å². The third-order valence-corrected chi connectivity index (χ3v) is 3.48. The van der Waals surface area contributed by atoms with Crippen molar-refractivity contribution in [2.24, 2.45) is 0 Å². The predicted octanol–water partition coefficient (Wildman–Crippen LogP) is 3.18. The number of rotatable bonds is 2. The number of nitrogens with zero attached hydrogens (tertiary/aromatic N) is 3. The fourth-order valence-corrected chi connectivity index (χ4v) is 2.25. The fraction of sp³-hybridized carbons (Fsp3) is 0.0667. The lowest BCUT2D eigenvalue weighted by Gasteiger charge is -2.19. The molecule has 8 heteroatoms. The van der Waals surface area contributed by atoms with Crippen LogP contribution in [-0.4, -0.2) is 20.6 Å². The Hall–Kier alpha value is -2.67. The summed E-state index contributed by atoms with van der Waals surface area (Å²) in [4.78, 5) is 4.07. The van der Waals surface area contributed by atoms with E-state index in [1.165, 1.54) is 30.3 Å². The summed E-state index contributed by atoms with van der Waals surface area (Å²) in [6.07, 6.45) is 1.57. The second-order valence-electron chi connectivity index (χ2n) is 4.79. The predicted molar refractivity (Wildman–Crippen MR) is 81.9 cm³/mol. The van der Waals surface area contributed by atoms with Gasteiger partial charge in [-0.05, 0) is 30.3 Å². The minimum Gasteiger partial charge on any atom is -0.283 e. The summed E-state index contributed by atoms with van der Waals surface area (Å²) in [5.74, 6) is -4.78. The fourth-order valence-electron chi connectivity index (χ4n) is 2.11. The van der Waals surface area contributed by atoms with Gasteiger partial charge in [0.05, 0.1) is 5.52 Å². The van der Waals surface area contributed by atoms with E-state index < -0.39 is 11.8 Å². The van der Waals surface area contributed by atoms with Gasteiger partial charge in [-0.2, -0.15) is 18.6 Å². The van der Waals surface area contributed by atoms with E-state index in [4.69, 9.17) is 22.4 Å². The average Bonchev–Trinajstić information content (AvgIpc) is 2.56. The van der Waals surface area contributed by atoms with Gasteiger partial charge in [0.15, 0.2) is 5.84 Å². The van der Waals surface area contributed by atoms with Gasteiger partial charge in [-0.3, -0.25) is 15.8 Å². The van der Waals surface area contributed by atoms with Crippen molar-refractivity contribution in [3.8, 4) is 0 Å². The van der Waals surface area contributed by atoms with Crippen LogP contribution in [0.1, 0.15) is 5.56 Å². The zero-order chi connectivity index (χ0) is 16.6. The highest BCUT2D eigenvalue weighted by molar-refractivity contribution is 6.29. The van der Waals surface area contributed by atoms with Gasteiger partial charge >= 0.3 is 5.92 Å². The number of nitrogens with one attached hydrogen (secondary N) is 2. The van der Waals surface area contributed by atoms with Crippen molar-refractivity contribution in [3.63, 3.8) is 0 Å². The van der Waals surface area contributed by atoms with Crippen molar-refractivity contribution in [2.75, 3.05) is 0 Å². The van der Waals surface area contributed by atoms with E-state index in [9.17, 15) is 8.78 Å². The third kappa shape index (κ3) is 2.70. The number of benzene rings is 1. The van der Waals surface area contributed by atoms with Crippen molar-refractivity contribution in [1.29, 1.82) is 10.8 Å². The van der Waals surface area contributed by atoms with Gasteiger partial charge in [0.1, 0.15) is 10.6 Å². The Bertz CT molecular complexity index is 967.